The number of anilines is 1. The number of hydroxylamine groups is 1. The number of rotatable bonds is 3. The SMILES string of the molecule is Cc1ccc(N(O)C(=O)C[N+]2(C)CCN(C)CC2)cc1.[Cl-]. The van der Waals surface area contributed by atoms with Gasteiger partial charge in [0.15, 0.2) is 6.54 Å². The molecule has 1 aliphatic rings. The van der Waals surface area contributed by atoms with Crippen molar-refractivity contribution in [3.8, 4) is 0 Å². The highest BCUT2D eigenvalue weighted by molar-refractivity contribution is 5.91. The van der Waals surface area contributed by atoms with Crippen LogP contribution >= 0.6 is 0 Å². The fourth-order valence-electron chi connectivity index (χ4n) is 2.43. The van der Waals surface area contributed by atoms with Crippen molar-refractivity contribution < 1.29 is 26.9 Å². The van der Waals surface area contributed by atoms with Gasteiger partial charge in [-0.3, -0.25) is 14.9 Å². The fourth-order valence-corrected chi connectivity index (χ4v) is 2.43. The molecule has 21 heavy (non-hydrogen) atoms. The first-order chi connectivity index (χ1) is 9.39. The molecule has 0 bridgehead atoms. The number of likely N-dealkylation sites (N-methyl/N-ethyl adjacent to an activating group) is 2. The Bertz CT molecular complexity index is 470. The summed E-state index contributed by atoms with van der Waals surface area (Å²) in [6.07, 6.45) is 0. The molecule has 0 spiro atoms. The molecule has 1 aromatic carbocycles. The molecule has 0 atom stereocenters. The van der Waals surface area contributed by atoms with Gasteiger partial charge in [-0.25, -0.2) is 0 Å². The van der Waals surface area contributed by atoms with E-state index in [0.717, 1.165) is 36.8 Å². The zero-order valence-corrected chi connectivity index (χ0v) is 13.7. The largest absolute Gasteiger partial charge is 1.00 e. The molecular weight excluding hydrogens is 290 g/mol. The van der Waals surface area contributed by atoms with Gasteiger partial charge in [0.1, 0.15) is 0 Å². The molecule has 0 aromatic heterocycles. The maximum absolute atomic E-state index is 12.2. The second-order valence-corrected chi connectivity index (χ2v) is 6.07. The molecule has 1 fully saturated rings. The highest BCUT2D eigenvalue weighted by Gasteiger charge is 2.31. The molecule has 1 saturated heterocycles. The van der Waals surface area contributed by atoms with E-state index in [0.29, 0.717) is 16.7 Å². The van der Waals surface area contributed by atoms with E-state index in [-0.39, 0.29) is 18.3 Å². The second-order valence-electron chi connectivity index (χ2n) is 6.07. The van der Waals surface area contributed by atoms with Crippen LogP contribution in [0.1, 0.15) is 5.56 Å². The van der Waals surface area contributed by atoms with Crippen LogP contribution in [0.25, 0.3) is 0 Å². The number of carbonyl (C=O) groups excluding carboxylic acids is 1. The molecule has 1 aromatic rings. The van der Waals surface area contributed by atoms with Crippen molar-refractivity contribution >= 4 is 11.6 Å². The van der Waals surface area contributed by atoms with E-state index in [1.807, 2.05) is 19.1 Å². The molecule has 0 unspecified atom stereocenters. The van der Waals surface area contributed by atoms with Crippen molar-refractivity contribution in [3.63, 3.8) is 0 Å². The molecule has 6 heteroatoms. The lowest BCUT2D eigenvalue weighted by Gasteiger charge is -2.40. The highest BCUT2D eigenvalue weighted by Crippen LogP contribution is 2.15. The number of piperazine rings is 1. The first kappa shape index (κ1) is 17.9. The number of nitrogens with zero attached hydrogens (tertiary/aromatic N) is 3. The quantitative estimate of drug-likeness (QED) is 0.403. The Balaban J connectivity index is 0.00000220. The lowest BCUT2D eigenvalue weighted by molar-refractivity contribution is -0.906. The van der Waals surface area contributed by atoms with E-state index in [2.05, 4.69) is 19.0 Å². The molecule has 0 saturated carbocycles. The third kappa shape index (κ3) is 4.68. The van der Waals surface area contributed by atoms with Gasteiger partial charge in [0.05, 0.1) is 25.8 Å². The average Bonchev–Trinajstić information content (AvgIpc) is 2.42. The van der Waals surface area contributed by atoms with Gasteiger partial charge in [-0.15, -0.1) is 0 Å². The molecule has 1 N–H and O–H groups in total. The van der Waals surface area contributed by atoms with Crippen LogP contribution in [-0.2, 0) is 4.79 Å². The van der Waals surface area contributed by atoms with Gasteiger partial charge in [-0.2, -0.15) is 5.06 Å². The molecule has 5 nitrogen and oxygen atoms in total. The maximum atomic E-state index is 12.2. The Labute approximate surface area is 132 Å². The van der Waals surface area contributed by atoms with E-state index in [9.17, 15) is 10.0 Å². The predicted octanol–water partition coefficient (Wildman–Crippen LogP) is -1.89. The van der Waals surface area contributed by atoms with E-state index < -0.39 is 0 Å². The summed E-state index contributed by atoms with van der Waals surface area (Å²) < 4.78 is 0.687. The number of benzene rings is 1. The van der Waals surface area contributed by atoms with Crippen molar-refractivity contribution in [1.82, 2.24) is 4.90 Å². The summed E-state index contributed by atoms with van der Waals surface area (Å²) in [7, 11) is 4.17. The standard InChI is InChI=1S/C15H24N3O2.ClH/c1-13-4-6-14(7-5-13)17(20)15(19)12-18(3)10-8-16(2)9-11-18;/h4-7,20H,8-12H2,1-3H3;1H/q+1;/p-1. The molecule has 0 radical (unpaired) electrons. The minimum atomic E-state index is -0.249. The maximum Gasteiger partial charge on any atom is 0.305 e. The topological polar surface area (TPSA) is 43.8 Å². The van der Waals surface area contributed by atoms with E-state index in [1.54, 1.807) is 12.1 Å². The van der Waals surface area contributed by atoms with Crippen LogP contribution in [0.15, 0.2) is 24.3 Å². The van der Waals surface area contributed by atoms with Gasteiger partial charge in [0.25, 0.3) is 0 Å². The smallest absolute Gasteiger partial charge is 0.305 e. The Morgan fingerprint density at radius 3 is 2.33 bits per heavy atom. The van der Waals surface area contributed by atoms with Crippen molar-refractivity contribution in [2.75, 3.05) is 51.9 Å². The van der Waals surface area contributed by atoms with Crippen LogP contribution in [-0.4, -0.2) is 67.3 Å². The van der Waals surface area contributed by atoms with Gasteiger partial charge < -0.3 is 16.9 Å². The summed E-state index contributed by atoms with van der Waals surface area (Å²) >= 11 is 0. The Morgan fingerprint density at radius 1 is 1.29 bits per heavy atom. The van der Waals surface area contributed by atoms with Crippen LogP contribution in [0.2, 0.25) is 0 Å². The summed E-state index contributed by atoms with van der Waals surface area (Å²) in [5.74, 6) is -0.249. The van der Waals surface area contributed by atoms with Crippen LogP contribution in [0.4, 0.5) is 5.69 Å². The summed E-state index contributed by atoms with van der Waals surface area (Å²) in [6.45, 7) is 6.15. The van der Waals surface area contributed by atoms with Gasteiger partial charge in [0.2, 0.25) is 0 Å². The summed E-state index contributed by atoms with van der Waals surface area (Å²) in [6, 6.07) is 7.30. The summed E-state index contributed by atoms with van der Waals surface area (Å²) in [4.78, 5) is 14.5. The lowest BCUT2D eigenvalue weighted by atomic mass is 10.2. The van der Waals surface area contributed by atoms with Crippen molar-refractivity contribution in [2.45, 2.75) is 6.92 Å². The monoisotopic (exact) mass is 313 g/mol. The summed E-state index contributed by atoms with van der Waals surface area (Å²) in [5.41, 5.74) is 1.63. The van der Waals surface area contributed by atoms with Gasteiger partial charge in [-0.05, 0) is 26.1 Å². The Morgan fingerprint density at radius 2 is 1.81 bits per heavy atom. The number of quaternary nitrogens is 1. The molecule has 0 aliphatic carbocycles. The first-order valence-corrected chi connectivity index (χ1v) is 7.00. The Hall–Kier alpha value is -1.14. The molecule has 2 rings (SSSR count). The van der Waals surface area contributed by atoms with Crippen molar-refractivity contribution in [3.05, 3.63) is 29.8 Å². The lowest BCUT2D eigenvalue weighted by Crippen LogP contribution is -3.00. The third-order valence-electron chi connectivity index (χ3n) is 4.07. The number of aryl methyl sites for hydroxylation is 1. The molecule has 1 aliphatic heterocycles. The minimum absolute atomic E-state index is 0. The second kappa shape index (κ2) is 7.22. The number of hydrogen-bond donors (Lipinski definition) is 1. The number of hydrogen-bond acceptors (Lipinski definition) is 3. The third-order valence-corrected chi connectivity index (χ3v) is 4.07. The predicted molar refractivity (Wildman–Crippen MR) is 78.7 cm³/mol. The van der Waals surface area contributed by atoms with Crippen LogP contribution in [0.5, 0.6) is 0 Å². The van der Waals surface area contributed by atoms with Gasteiger partial charge in [0, 0.05) is 13.1 Å². The van der Waals surface area contributed by atoms with Crippen molar-refractivity contribution in [2.24, 2.45) is 0 Å². The number of halogens is 1. The molecular formula is C15H24ClN3O2. The van der Waals surface area contributed by atoms with Crippen LogP contribution in [0.3, 0.4) is 0 Å². The van der Waals surface area contributed by atoms with Crippen LogP contribution < -0.4 is 17.5 Å². The van der Waals surface area contributed by atoms with E-state index in [4.69, 9.17) is 0 Å². The number of amides is 1. The van der Waals surface area contributed by atoms with Gasteiger partial charge >= 0.3 is 5.91 Å². The molecule has 118 valence electrons. The molecule has 1 heterocycles. The molecule has 1 amide bonds. The Kier molecular flexibility index (Phi) is 6.16. The van der Waals surface area contributed by atoms with E-state index in [1.165, 1.54) is 0 Å². The zero-order chi connectivity index (χ0) is 14.8. The fraction of sp³-hybridized carbons (Fsp3) is 0.533. The van der Waals surface area contributed by atoms with Gasteiger partial charge in [-0.1, -0.05) is 17.7 Å². The number of carbonyl (C=O) groups is 1. The summed E-state index contributed by atoms with van der Waals surface area (Å²) in [5, 5.41) is 10.8. The zero-order valence-electron chi connectivity index (χ0n) is 12.9. The first-order valence-electron chi connectivity index (χ1n) is 7.00. The van der Waals surface area contributed by atoms with E-state index >= 15 is 0 Å². The minimum Gasteiger partial charge on any atom is -1.00 e. The van der Waals surface area contributed by atoms with Crippen LogP contribution in [0, 0.1) is 6.92 Å². The average molecular weight is 314 g/mol. The normalized spacial score (nSPS) is 17.9. The van der Waals surface area contributed by atoms with Crippen molar-refractivity contribution in [1.29, 1.82) is 0 Å². The highest BCUT2D eigenvalue weighted by atomic mass is 35.5.